The largest absolute Gasteiger partial charge is 0.434 e. The Morgan fingerprint density at radius 1 is 0.962 bits per heavy atom. The van der Waals surface area contributed by atoms with Gasteiger partial charge in [-0.2, -0.15) is 8.78 Å². The number of alkyl halides is 2. The minimum Gasteiger partial charge on any atom is -0.434 e. The van der Waals surface area contributed by atoms with Crippen LogP contribution in [0.25, 0.3) is 0 Å². The summed E-state index contributed by atoms with van der Waals surface area (Å²) in [7, 11) is 0. The molecular weight excluding hydrogens is 344 g/mol. The Morgan fingerprint density at radius 2 is 1.65 bits per heavy atom. The number of amides is 3. The lowest BCUT2D eigenvalue weighted by atomic mass is 10.2. The fourth-order valence-corrected chi connectivity index (χ4v) is 2.13. The van der Waals surface area contributed by atoms with Crippen molar-refractivity contribution in [1.29, 1.82) is 0 Å². The first-order valence-corrected chi connectivity index (χ1v) is 7.94. The molecule has 0 aliphatic heterocycles. The molecule has 0 saturated carbocycles. The van der Waals surface area contributed by atoms with Gasteiger partial charge in [0.2, 0.25) is 5.91 Å². The van der Waals surface area contributed by atoms with Crippen LogP contribution in [0.5, 0.6) is 5.75 Å². The van der Waals surface area contributed by atoms with Crippen molar-refractivity contribution in [2.24, 2.45) is 0 Å². The summed E-state index contributed by atoms with van der Waals surface area (Å²) in [6.45, 7) is -2.74. The van der Waals surface area contributed by atoms with Gasteiger partial charge in [-0.25, -0.2) is 4.79 Å². The van der Waals surface area contributed by atoms with E-state index < -0.39 is 12.6 Å². The Bertz CT molecular complexity index is 727. The van der Waals surface area contributed by atoms with Crippen molar-refractivity contribution in [3.63, 3.8) is 0 Å². The molecular formula is C18H19F2N3O3. The van der Waals surface area contributed by atoms with E-state index in [2.05, 4.69) is 20.7 Å². The smallest absolute Gasteiger partial charge is 0.387 e. The van der Waals surface area contributed by atoms with Gasteiger partial charge in [-0.15, -0.1) is 0 Å². The van der Waals surface area contributed by atoms with Crippen molar-refractivity contribution in [2.45, 2.75) is 19.6 Å². The predicted molar refractivity (Wildman–Crippen MR) is 93.0 cm³/mol. The standard InChI is InChI=1S/C18H19F2N3O3/c19-17(20)26-15-9-5-4-6-13(15)12-22-16(24)10-11-21-18(25)23-14-7-2-1-3-8-14/h1-9,17H,10-12H2,(H,22,24)(H2,21,23,25). The second-order valence-corrected chi connectivity index (χ2v) is 5.26. The van der Waals surface area contributed by atoms with Crippen molar-refractivity contribution in [2.75, 3.05) is 11.9 Å². The highest BCUT2D eigenvalue weighted by Gasteiger charge is 2.10. The van der Waals surface area contributed by atoms with Crippen LogP contribution < -0.4 is 20.7 Å². The quantitative estimate of drug-likeness (QED) is 0.674. The van der Waals surface area contributed by atoms with Crippen LogP contribution >= 0.6 is 0 Å². The summed E-state index contributed by atoms with van der Waals surface area (Å²) in [5.41, 5.74) is 1.08. The summed E-state index contributed by atoms with van der Waals surface area (Å²) in [5.74, 6) is -0.306. The zero-order valence-corrected chi connectivity index (χ0v) is 13.9. The third-order valence-corrected chi connectivity index (χ3v) is 3.33. The zero-order chi connectivity index (χ0) is 18.8. The maximum atomic E-state index is 12.3. The van der Waals surface area contributed by atoms with Crippen molar-refractivity contribution < 1.29 is 23.1 Å². The fraction of sp³-hybridized carbons (Fsp3) is 0.222. The fourth-order valence-electron chi connectivity index (χ4n) is 2.13. The van der Waals surface area contributed by atoms with Crippen LogP contribution in [-0.4, -0.2) is 25.1 Å². The first-order chi connectivity index (χ1) is 12.5. The molecule has 0 atom stereocenters. The van der Waals surface area contributed by atoms with Crippen LogP contribution in [0.2, 0.25) is 0 Å². The van der Waals surface area contributed by atoms with Gasteiger partial charge in [-0.05, 0) is 18.2 Å². The molecule has 3 N–H and O–H groups in total. The molecule has 0 heterocycles. The first-order valence-electron chi connectivity index (χ1n) is 7.94. The van der Waals surface area contributed by atoms with E-state index in [1.54, 1.807) is 42.5 Å². The highest BCUT2D eigenvalue weighted by Crippen LogP contribution is 2.19. The average Bonchev–Trinajstić information content (AvgIpc) is 2.61. The van der Waals surface area contributed by atoms with E-state index in [4.69, 9.17) is 0 Å². The van der Waals surface area contributed by atoms with E-state index >= 15 is 0 Å². The SMILES string of the molecule is O=C(CCNC(=O)Nc1ccccc1)NCc1ccccc1OC(F)F. The minimum atomic E-state index is -2.93. The third-order valence-electron chi connectivity index (χ3n) is 3.33. The number of anilines is 1. The van der Waals surface area contributed by atoms with E-state index in [9.17, 15) is 18.4 Å². The number of benzene rings is 2. The lowest BCUT2D eigenvalue weighted by molar-refractivity contribution is -0.121. The molecule has 0 saturated heterocycles. The number of halogens is 2. The normalized spacial score (nSPS) is 10.3. The second-order valence-electron chi connectivity index (χ2n) is 5.26. The summed E-state index contributed by atoms with van der Waals surface area (Å²) in [6.07, 6.45) is 0.0556. The van der Waals surface area contributed by atoms with Gasteiger partial charge in [0.15, 0.2) is 0 Å². The Balaban J connectivity index is 1.70. The van der Waals surface area contributed by atoms with E-state index in [0.717, 1.165) is 0 Å². The molecule has 0 unspecified atom stereocenters. The van der Waals surface area contributed by atoms with Gasteiger partial charge in [-0.3, -0.25) is 4.79 Å². The molecule has 0 radical (unpaired) electrons. The minimum absolute atomic E-state index is 0.0168. The molecule has 6 nitrogen and oxygen atoms in total. The van der Waals surface area contributed by atoms with Crippen molar-refractivity contribution in [3.05, 3.63) is 60.2 Å². The molecule has 0 fully saturated rings. The Hall–Kier alpha value is -3.16. The summed E-state index contributed by atoms with van der Waals surface area (Å²) in [6, 6.07) is 14.7. The van der Waals surface area contributed by atoms with Gasteiger partial charge in [-0.1, -0.05) is 36.4 Å². The van der Waals surface area contributed by atoms with Crippen LogP contribution in [0.15, 0.2) is 54.6 Å². The molecule has 26 heavy (non-hydrogen) atoms. The molecule has 2 rings (SSSR count). The van der Waals surface area contributed by atoms with Crippen molar-refractivity contribution in [1.82, 2.24) is 10.6 Å². The second kappa shape index (κ2) is 9.97. The molecule has 0 aliphatic carbocycles. The number of carbonyl (C=O) groups is 2. The molecule has 0 aliphatic rings. The third kappa shape index (κ3) is 6.76. The Labute approximate surface area is 149 Å². The van der Waals surface area contributed by atoms with Gasteiger partial charge in [0.25, 0.3) is 0 Å². The molecule has 8 heteroatoms. The van der Waals surface area contributed by atoms with Gasteiger partial charge < -0.3 is 20.7 Å². The van der Waals surface area contributed by atoms with Gasteiger partial charge in [0.05, 0.1) is 0 Å². The van der Waals surface area contributed by atoms with E-state index in [1.807, 2.05) is 6.07 Å². The monoisotopic (exact) mass is 363 g/mol. The summed E-state index contributed by atoms with van der Waals surface area (Å²) < 4.78 is 29.1. The van der Waals surface area contributed by atoms with Crippen LogP contribution in [0, 0.1) is 0 Å². The highest BCUT2D eigenvalue weighted by atomic mass is 19.3. The van der Waals surface area contributed by atoms with E-state index in [-0.39, 0.29) is 31.2 Å². The maximum Gasteiger partial charge on any atom is 0.387 e. The van der Waals surface area contributed by atoms with Crippen LogP contribution in [-0.2, 0) is 11.3 Å². The topological polar surface area (TPSA) is 79.5 Å². The summed E-state index contributed by atoms with van der Waals surface area (Å²) >= 11 is 0. The number of ether oxygens (including phenoxy) is 1. The number of urea groups is 1. The summed E-state index contributed by atoms with van der Waals surface area (Å²) in [4.78, 5) is 23.5. The van der Waals surface area contributed by atoms with E-state index in [1.165, 1.54) is 6.07 Å². The Morgan fingerprint density at radius 3 is 2.38 bits per heavy atom. The molecule has 0 aromatic heterocycles. The number of hydrogen-bond acceptors (Lipinski definition) is 3. The van der Waals surface area contributed by atoms with Gasteiger partial charge >= 0.3 is 12.6 Å². The molecule has 0 bridgehead atoms. The molecule has 3 amide bonds. The molecule has 138 valence electrons. The molecule has 2 aromatic rings. The summed E-state index contributed by atoms with van der Waals surface area (Å²) in [5, 5.41) is 7.79. The first kappa shape index (κ1) is 19.2. The number of para-hydroxylation sites is 2. The molecule has 2 aromatic carbocycles. The lowest BCUT2D eigenvalue weighted by Gasteiger charge is -2.11. The van der Waals surface area contributed by atoms with Crippen LogP contribution in [0.3, 0.4) is 0 Å². The highest BCUT2D eigenvalue weighted by molar-refractivity contribution is 5.89. The predicted octanol–water partition coefficient (Wildman–Crippen LogP) is 3.12. The zero-order valence-electron chi connectivity index (χ0n) is 13.9. The maximum absolute atomic E-state index is 12.3. The van der Waals surface area contributed by atoms with Crippen molar-refractivity contribution in [3.8, 4) is 5.75 Å². The number of carbonyl (C=O) groups excluding carboxylic acids is 2. The average molecular weight is 363 g/mol. The van der Waals surface area contributed by atoms with Crippen LogP contribution in [0.4, 0.5) is 19.3 Å². The Kier molecular flexibility index (Phi) is 7.35. The number of nitrogens with one attached hydrogen (secondary N) is 3. The van der Waals surface area contributed by atoms with E-state index in [0.29, 0.717) is 11.3 Å². The van der Waals surface area contributed by atoms with Gasteiger partial charge in [0, 0.05) is 30.8 Å². The van der Waals surface area contributed by atoms with Gasteiger partial charge in [0.1, 0.15) is 5.75 Å². The molecule has 0 spiro atoms. The lowest BCUT2D eigenvalue weighted by Crippen LogP contribution is -2.33. The van der Waals surface area contributed by atoms with Crippen LogP contribution in [0.1, 0.15) is 12.0 Å². The number of hydrogen-bond donors (Lipinski definition) is 3. The number of rotatable bonds is 8. The van der Waals surface area contributed by atoms with Crippen molar-refractivity contribution >= 4 is 17.6 Å².